The molecule has 0 heterocycles. The van der Waals surface area contributed by atoms with Crippen LogP contribution in [-0.4, -0.2) is 4.83 Å². The molecule has 0 aromatic heterocycles. The highest BCUT2D eigenvalue weighted by molar-refractivity contribution is 9.09. The van der Waals surface area contributed by atoms with Gasteiger partial charge in [-0.1, -0.05) is 34.0 Å². The molecular weight excluding hydrogens is 266 g/mol. The Hall–Kier alpha value is -0.0800. The van der Waals surface area contributed by atoms with E-state index >= 15 is 0 Å². The van der Waals surface area contributed by atoms with Crippen LogP contribution >= 0.6 is 27.5 Å². The lowest BCUT2D eigenvalue weighted by Gasteiger charge is -2.15. The Bertz CT molecular complexity index is 340. The van der Waals surface area contributed by atoms with Gasteiger partial charge in [0.1, 0.15) is 5.82 Å². The fourth-order valence-corrected chi connectivity index (χ4v) is 3.19. The second-order valence-electron chi connectivity index (χ2n) is 3.72. The quantitative estimate of drug-likeness (QED) is 0.663. The van der Waals surface area contributed by atoms with E-state index in [4.69, 9.17) is 11.6 Å². The zero-order chi connectivity index (χ0) is 10.1. The van der Waals surface area contributed by atoms with Crippen molar-refractivity contribution in [1.29, 1.82) is 0 Å². The normalized spacial score (nSPS) is 26.8. The topological polar surface area (TPSA) is 0 Å². The van der Waals surface area contributed by atoms with Crippen molar-refractivity contribution in [2.45, 2.75) is 30.0 Å². The third-order valence-electron chi connectivity index (χ3n) is 2.79. The molecule has 0 spiro atoms. The lowest BCUT2D eigenvalue weighted by Crippen LogP contribution is -2.05. The van der Waals surface area contributed by atoms with Gasteiger partial charge < -0.3 is 0 Å². The SMILES string of the molecule is Fc1ccc(Cl)c(C2CCCC2Br)c1. The molecule has 1 aliphatic carbocycles. The van der Waals surface area contributed by atoms with E-state index in [1.807, 2.05) is 0 Å². The van der Waals surface area contributed by atoms with Crippen molar-refractivity contribution in [1.82, 2.24) is 0 Å². The molecule has 1 aromatic carbocycles. The molecule has 1 fully saturated rings. The smallest absolute Gasteiger partial charge is 0.123 e. The third-order valence-corrected chi connectivity index (χ3v) is 4.23. The van der Waals surface area contributed by atoms with Crippen molar-refractivity contribution in [3.05, 3.63) is 34.6 Å². The predicted octanol–water partition coefficient (Wildman–Crippen LogP) is 4.51. The van der Waals surface area contributed by atoms with E-state index in [1.165, 1.54) is 12.5 Å². The molecule has 14 heavy (non-hydrogen) atoms. The summed E-state index contributed by atoms with van der Waals surface area (Å²) in [6.07, 6.45) is 3.43. The number of rotatable bonds is 1. The summed E-state index contributed by atoms with van der Waals surface area (Å²) in [6, 6.07) is 4.61. The van der Waals surface area contributed by atoms with Crippen LogP contribution < -0.4 is 0 Å². The Morgan fingerprint density at radius 3 is 2.79 bits per heavy atom. The molecule has 0 bridgehead atoms. The van der Waals surface area contributed by atoms with Crippen LogP contribution in [0.5, 0.6) is 0 Å². The zero-order valence-corrected chi connectivity index (χ0v) is 9.98. The van der Waals surface area contributed by atoms with Gasteiger partial charge >= 0.3 is 0 Å². The molecule has 0 amide bonds. The van der Waals surface area contributed by atoms with Crippen molar-refractivity contribution in [2.24, 2.45) is 0 Å². The first-order valence-electron chi connectivity index (χ1n) is 4.77. The second-order valence-corrected chi connectivity index (χ2v) is 5.30. The summed E-state index contributed by atoms with van der Waals surface area (Å²) in [5.74, 6) is 0.175. The summed E-state index contributed by atoms with van der Waals surface area (Å²) < 4.78 is 13.1. The van der Waals surface area contributed by atoms with E-state index in [0.29, 0.717) is 15.8 Å². The Labute approximate surface area is 96.6 Å². The number of benzene rings is 1. The van der Waals surface area contributed by atoms with Gasteiger partial charge in [-0.2, -0.15) is 0 Å². The van der Waals surface area contributed by atoms with Crippen molar-refractivity contribution >= 4 is 27.5 Å². The Morgan fingerprint density at radius 2 is 2.14 bits per heavy atom. The molecule has 0 aliphatic heterocycles. The van der Waals surface area contributed by atoms with Crippen LogP contribution in [0, 0.1) is 5.82 Å². The van der Waals surface area contributed by atoms with Crippen LogP contribution in [-0.2, 0) is 0 Å². The van der Waals surface area contributed by atoms with E-state index in [9.17, 15) is 4.39 Å². The minimum atomic E-state index is -0.198. The first-order chi connectivity index (χ1) is 6.68. The van der Waals surface area contributed by atoms with Gasteiger partial charge in [-0.25, -0.2) is 4.39 Å². The monoisotopic (exact) mass is 276 g/mol. The summed E-state index contributed by atoms with van der Waals surface area (Å²) in [4.78, 5) is 0.446. The summed E-state index contributed by atoms with van der Waals surface area (Å²) in [5.41, 5.74) is 0.950. The van der Waals surface area contributed by atoms with Crippen LogP contribution in [0.4, 0.5) is 4.39 Å². The van der Waals surface area contributed by atoms with E-state index < -0.39 is 0 Å². The summed E-state index contributed by atoms with van der Waals surface area (Å²) in [7, 11) is 0. The van der Waals surface area contributed by atoms with Gasteiger partial charge in [0.05, 0.1) is 0 Å². The van der Waals surface area contributed by atoms with Crippen molar-refractivity contribution in [3.63, 3.8) is 0 Å². The lowest BCUT2D eigenvalue weighted by molar-refractivity contribution is 0.620. The number of alkyl halides is 1. The van der Waals surface area contributed by atoms with Gasteiger partial charge in [0.25, 0.3) is 0 Å². The molecule has 0 N–H and O–H groups in total. The minimum Gasteiger partial charge on any atom is -0.207 e. The standard InChI is InChI=1S/C11H11BrClF/c12-10-3-1-2-8(10)9-6-7(14)4-5-11(9)13/h4-6,8,10H,1-3H2. The van der Waals surface area contributed by atoms with E-state index in [0.717, 1.165) is 18.4 Å². The van der Waals surface area contributed by atoms with Crippen LogP contribution in [0.15, 0.2) is 18.2 Å². The average Bonchev–Trinajstić information content (AvgIpc) is 2.56. The molecule has 2 unspecified atom stereocenters. The maximum Gasteiger partial charge on any atom is 0.123 e. The van der Waals surface area contributed by atoms with Gasteiger partial charge in [-0.05, 0) is 42.5 Å². The highest BCUT2D eigenvalue weighted by Crippen LogP contribution is 2.41. The summed E-state index contributed by atoms with van der Waals surface area (Å²) >= 11 is 9.67. The molecular formula is C11H11BrClF. The molecule has 1 aliphatic rings. The van der Waals surface area contributed by atoms with Crippen molar-refractivity contribution in [3.8, 4) is 0 Å². The van der Waals surface area contributed by atoms with Gasteiger partial charge in [0.15, 0.2) is 0 Å². The van der Waals surface area contributed by atoms with Crippen LogP contribution in [0.25, 0.3) is 0 Å². The number of hydrogen-bond donors (Lipinski definition) is 0. The fourth-order valence-electron chi connectivity index (χ4n) is 2.06. The highest BCUT2D eigenvalue weighted by atomic mass is 79.9. The van der Waals surface area contributed by atoms with Gasteiger partial charge in [0.2, 0.25) is 0 Å². The molecule has 1 saturated carbocycles. The van der Waals surface area contributed by atoms with Crippen molar-refractivity contribution < 1.29 is 4.39 Å². The van der Waals surface area contributed by atoms with Gasteiger partial charge in [0, 0.05) is 9.85 Å². The Morgan fingerprint density at radius 1 is 1.36 bits per heavy atom. The van der Waals surface area contributed by atoms with Crippen LogP contribution in [0.3, 0.4) is 0 Å². The molecule has 0 radical (unpaired) electrons. The summed E-state index contributed by atoms with van der Waals surface area (Å²) in [6.45, 7) is 0. The van der Waals surface area contributed by atoms with Gasteiger partial charge in [-0.15, -0.1) is 0 Å². The Kier molecular flexibility index (Phi) is 3.13. The van der Waals surface area contributed by atoms with E-state index in [2.05, 4.69) is 15.9 Å². The molecule has 0 saturated heterocycles. The fraction of sp³-hybridized carbons (Fsp3) is 0.455. The highest BCUT2D eigenvalue weighted by Gasteiger charge is 2.28. The molecule has 3 heteroatoms. The average molecular weight is 278 g/mol. The first kappa shape index (κ1) is 10.4. The molecule has 1 aromatic rings. The molecule has 2 atom stereocenters. The lowest BCUT2D eigenvalue weighted by atomic mass is 9.97. The zero-order valence-electron chi connectivity index (χ0n) is 7.64. The minimum absolute atomic E-state index is 0.198. The maximum absolute atomic E-state index is 13.1. The van der Waals surface area contributed by atoms with Crippen LogP contribution in [0.2, 0.25) is 5.02 Å². The number of hydrogen-bond acceptors (Lipinski definition) is 0. The third kappa shape index (κ3) is 1.96. The second kappa shape index (κ2) is 4.19. The Balaban J connectivity index is 2.34. The molecule has 76 valence electrons. The van der Waals surface area contributed by atoms with Crippen molar-refractivity contribution in [2.75, 3.05) is 0 Å². The number of halogens is 3. The molecule has 2 rings (SSSR count). The first-order valence-corrected chi connectivity index (χ1v) is 6.07. The summed E-state index contributed by atoms with van der Waals surface area (Å²) in [5, 5.41) is 0.683. The predicted molar refractivity (Wildman–Crippen MR) is 60.7 cm³/mol. The van der Waals surface area contributed by atoms with E-state index in [-0.39, 0.29) is 5.82 Å². The van der Waals surface area contributed by atoms with Gasteiger partial charge in [-0.3, -0.25) is 0 Å². The van der Waals surface area contributed by atoms with Crippen LogP contribution in [0.1, 0.15) is 30.7 Å². The maximum atomic E-state index is 13.1. The molecule has 0 nitrogen and oxygen atoms in total. The van der Waals surface area contributed by atoms with E-state index in [1.54, 1.807) is 12.1 Å². The largest absolute Gasteiger partial charge is 0.207 e.